The lowest BCUT2D eigenvalue weighted by molar-refractivity contribution is -0.143. The summed E-state index contributed by atoms with van der Waals surface area (Å²) >= 11 is 0. The lowest BCUT2D eigenvalue weighted by Gasteiger charge is -2.32. The summed E-state index contributed by atoms with van der Waals surface area (Å²) in [5.74, 6) is -1.38. The fourth-order valence-corrected chi connectivity index (χ4v) is 5.53. The van der Waals surface area contributed by atoms with Crippen LogP contribution in [0.15, 0.2) is 24.3 Å². The lowest BCUT2D eigenvalue weighted by atomic mass is 9.87. The Kier molecular flexibility index (Phi) is 6.42. The number of nitrogens with two attached hydrogens (primary N) is 1. The lowest BCUT2D eigenvalue weighted by Crippen LogP contribution is -2.71. The first-order chi connectivity index (χ1) is 16.8. The highest BCUT2D eigenvalue weighted by molar-refractivity contribution is 6.37. The highest BCUT2D eigenvalue weighted by Crippen LogP contribution is 2.41. The standard InChI is InChI=1S/C27H36N4O4/c1-17(29-23(32)14-18-6-2-3-7-18)24(33)27(28)25(34)30(15-19-10-11-19)21-8-4-5-9-22(21)31(26(27)35)16-20-12-13-20/h4-5,8-9,17-20H,2-3,6-7,10-16,28H2,1H3,(H,29,32)/t17-/m0/s1. The smallest absolute Gasteiger partial charge is 0.264 e. The quantitative estimate of drug-likeness (QED) is 0.528. The predicted molar refractivity (Wildman–Crippen MR) is 133 cm³/mol. The van der Waals surface area contributed by atoms with Crippen LogP contribution in [-0.4, -0.2) is 48.2 Å². The van der Waals surface area contributed by atoms with Gasteiger partial charge in [0.25, 0.3) is 11.8 Å². The van der Waals surface area contributed by atoms with Gasteiger partial charge in [-0.1, -0.05) is 25.0 Å². The number of hydrogen-bond acceptors (Lipinski definition) is 5. The van der Waals surface area contributed by atoms with Crippen molar-refractivity contribution < 1.29 is 19.2 Å². The van der Waals surface area contributed by atoms with Gasteiger partial charge in [0.15, 0.2) is 5.78 Å². The molecule has 0 aromatic heterocycles. The van der Waals surface area contributed by atoms with E-state index in [0.717, 1.165) is 51.4 Å². The van der Waals surface area contributed by atoms with E-state index in [-0.39, 0.29) is 5.91 Å². The van der Waals surface area contributed by atoms with Crippen LogP contribution >= 0.6 is 0 Å². The van der Waals surface area contributed by atoms with E-state index >= 15 is 0 Å². The van der Waals surface area contributed by atoms with Crippen molar-refractivity contribution in [3.8, 4) is 0 Å². The molecule has 1 heterocycles. The maximum Gasteiger partial charge on any atom is 0.264 e. The Balaban J connectivity index is 1.45. The zero-order valence-corrected chi connectivity index (χ0v) is 20.5. The number of rotatable bonds is 9. The minimum atomic E-state index is -2.39. The summed E-state index contributed by atoms with van der Waals surface area (Å²) in [4.78, 5) is 57.5. The van der Waals surface area contributed by atoms with Gasteiger partial charge in [-0.05, 0) is 75.3 Å². The first-order valence-corrected chi connectivity index (χ1v) is 13.1. The molecule has 1 aromatic rings. The third kappa shape index (κ3) is 4.73. The number of nitrogens with zero attached hydrogens (tertiary/aromatic N) is 2. The van der Waals surface area contributed by atoms with Gasteiger partial charge in [0, 0.05) is 19.5 Å². The second-order valence-corrected chi connectivity index (χ2v) is 11.0. The van der Waals surface area contributed by atoms with Crippen molar-refractivity contribution in [1.82, 2.24) is 5.32 Å². The molecule has 0 radical (unpaired) electrons. The summed E-state index contributed by atoms with van der Waals surface area (Å²) in [5, 5.41) is 2.74. The van der Waals surface area contributed by atoms with Gasteiger partial charge in [-0.3, -0.25) is 19.2 Å². The van der Waals surface area contributed by atoms with Crippen LogP contribution in [0.25, 0.3) is 0 Å². The maximum absolute atomic E-state index is 14.0. The molecule has 1 atom stereocenters. The monoisotopic (exact) mass is 480 g/mol. The average Bonchev–Trinajstić information content (AvgIpc) is 3.79. The van der Waals surface area contributed by atoms with Crippen LogP contribution in [0.4, 0.5) is 11.4 Å². The van der Waals surface area contributed by atoms with Gasteiger partial charge in [-0.25, -0.2) is 0 Å². The normalized spacial score (nSPS) is 23.1. The molecule has 1 aliphatic heterocycles. The number of hydrogen-bond donors (Lipinski definition) is 2. The second kappa shape index (κ2) is 9.37. The summed E-state index contributed by atoms with van der Waals surface area (Å²) in [7, 11) is 0. The van der Waals surface area contributed by atoms with E-state index in [1.165, 1.54) is 6.92 Å². The van der Waals surface area contributed by atoms with Crippen molar-refractivity contribution in [1.29, 1.82) is 0 Å². The first-order valence-electron chi connectivity index (χ1n) is 13.1. The van der Waals surface area contributed by atoms with Crippen molar-refractivity contribution in [2.45, 2.75) is 76.3 Å². The summed E-state index contributed by atoms with van der Waals surface area (Å²) in [5.41, 5.74) is 5.46. The number of carbonyl (C=O) groups excluding carboxylic acids is 4. The number of nitrogens with one attached hydrogen (secondary N) is 1. The van der Waals surface area contributed by atoms with Crippen molar-refractivity contribution in [2.75, 3.05) is 22.9 Å². The molecule has 3 aliphatic carbocycles. The number of para-hydroxylation sites is 2. The minimum Gasteiger partial charge on any atom is -0.346 e. The Morgan fingerprint density at radius 3 is 1.86 bits per heavy atom. The maximum atomic E-state index is 14.0. The van der Waals surface area contributed by atoms with Crippen LogP contribution in [-0.2, 0) is 19.2 Å². The molecule has 8 nitrogen and oxygen atoms in total. The topological polar surface area (TPSA) is 113 Å². The second-order valence-electron chi connectivity index (χ2n) is 11.0. The van der Waals surface area contributed by atoms with Gasteiger partial charge in [0.1, 0.15) is 0 Å². The molecule has 5 rings (SSSR count). The number of ketones is 1. The van der Waals surface area contributed by atoms with E-state index in [9.17, 15) is 19.2 Å². The molecule has 0 spiro atoms. The highest BCUT2D eigenvalue weighted by Gasteiger charge is 2.58. The minimum absolute atomic E-state index is 0.233. The molecular formula is C27H36N4O4. The van der Waals surface area contributed by atoms with Crippen LogP contribution in [0.5, 0.6) is 0 Å². The first kappa shape index (κ1) is 24.0. The molecule has 3 saturated carbocycles. The van der Waals surface area contributed by atoms with E-state index < -0.39 is 29.2 Å². The van der Waals surface area contributed by atoms with E-state index in [4.69, 9.17) is 5.73 Å². The van der Waals surface area contributed by atoms with Crippen LogP contribution < -0.4 is 20.9 Å². The van der Waals surface area contributed by atoms with E-state index in [1.807, 2.05) is 24.3 Å². The Bertz CT molecular complexity index is 973. The molecule has 188 valence electrons. The fraction of sp³-hybridized carbons (Fsp3) is 0.630. The molecule has 0 unspecified atom stereocenters. The zero-order chi connectivity index (χ0) is 24.7. The number of carbonyl (C=O) groups is 4. The number of anilines is 2. The van der Waals surface area contributed by atoms with Gasteiger partial charge < -0.3 is 20.9 Å². The molecular weight excluding hydrogens is 444 g/mol. The molecule has 3 fully saturated rings. The predicted octanol–water partition coefficient (Wildman–Crippen LogP) is 2.54. The van der Waals surface area contributed by atoms with Crippen LogP contribution in [0.3, 0.4) is 0 Å². The van der Waals surface area contributed by atoms with Gasteiger partial charge in [-0.2, -0.15) is 0 Å². The van der Waals surface area contributed by atoms with Gasteiger partial charge in [0.05, 0.1) is 17.4 Å². The van der Waals surface area contributed by atoms with Crippen molar-refractivity contribution in [2.24, 2.45) is 23.5 Å². The Morgan fingerprint density at radius 1 is 0.914 bits per heavy atom. The molecule has 0 saturated heterocycles. The largest absolute Gasteiger partial charge is 0.346 e. The van der Waals surface area contributed by atoms with E-state index in [2.05, 4.69) is 5.32 Å². The Labute approximate surface area is 206 Å². The van der Waals surface area contributed by atoms with Gasteiger partial charge >= 0.3 is 0 Å². The third-order valence-electron chi connectivity index (χ3n) is 8.01. The van der Waals surface area contributed by atoms with Crippen molar-refractivity contribution in [3.63, 3.8) is 0 Å². The Morgan fingerprint density at radius 2 is 1.40 bits per heavy atom. The van der Waals surface area contributed by atoms with Gasteiger partial charge in [0.2, 0.25) is 11.4 Å². The zero-order valence-electron chi connectivity index (χ0n) is 20.5. The van der Waals surface area contributed by atoms with Crippen molar-refractivity contribution in [3.05, 3.63) is 24.3 Å². The molecule has 3 N–H and O–H groups in total. The highest BCUT2D eigenvalue weighted by atomic mass is 16.2. The number of amides is 3. The van der Waals surface area contributed by atoms with Crippen LogP contribution in [0, 0.1) is 17.8 Å². The molecule has 4 aliphatic rings. The third-order valence-corrected chi connectivity index (χ3v) is 8.01. The summed E-state index contributed by atoms with van der Waals surface area (Å²) in [6.07, 6.45) is 8.64. The van der Waals surface area contributed by atoms with Crippen molar-refractivity contribution >= 4 is 34.9 Å². The number of benzene rings is 1. The van der Waals surface area contributed by atoms with Crippen LogP contribution in [0.2, 0.25) is 0 Å². The number of fused-ring (bicyclic) bond motifs is 1. The molecule has 8 heteroatoms. The van der Waals surface area contributed by atoms with E-state index in [1.54, 1.807) is 9.80 Å². The molecule has 35 heavy (non-hydrogen) atoms. The molecule has 0 bridgehead atoms. The summed E-state index contributed by atoms with van der Waals surface area (Å²) in [6.45, 7) is 2.38. The summed E-state index contributed by atoms with van der Waals surface area (Å²) in [6, 6.07) is 6.28. The van der Waals surface area contributed by atoms with E-state index in [0.29, 0.717) is 48.6 Å². The fourth-order valence-electron chi connectivity index (χ4n) is 5.53. The molecule has 1 aromatic carbocycles. The Hall–Kier alpha value is -2.74. The number of Topliss-reactive ketones (excluding diaryl/α,β-unsaturated/α-hetero) is 1. The summed E-state index contributed by atoms with van der Waals surface area (Å²) < 4.78 is 0. The molecule has 3 amide bonds. The van der Waals surface area contributed by atoms with Crippen LogP contribution in [0.1, 0.15) is 64.7 Å². The van der Waals surface area contributed by atoms with Gasteiger partial charge in [-0.15, -0.1) is 0 Å². The average molecular weight is 481 g/mol. The SMILES string of the molecule is C[C@H](NC(=O)CC1CCCC1)C(=O)C1(N)C(=O)N(CC2CC2)c2ccccc2N(CC2CC2)C1=O.